The summed E-state index contributed by atoms with van der Waals surface area (Å²) in [6.07, 6.45) is 6.31. The SMILES string of the molecule is O=C(O)c1ccc(-c2c(C3CC4CCC(C3)O4)n(-c3ccc(F)cc3)c3cc4cn[nH]c4cc23)cc1. The van der Waals surface area contributed by atoms with Gasteiger partial charge in [-0.05, 0) is 79.8 Å². The number of fused-ring (bicyclic) bond motifs is 4. The quantitative estimate of drug-likeness (QED) is 0.310. The van der Waals surface area contributed by atoms with E-state index < -0.39 is 5.97 Å². The molecule has 0 spiro atoms. The van der Waals surface area contributed by atoms with Crippen molar-refractivity contribution >= 4 is 27.8 Å². The lowest BCUT2D eigenvalue weighted by molar-refractivity contribution is -0.00449. The molecule has 0 radical (unpaired) electrons. The molecule has 2 bridgehead atoms. The van der Waals surface area contributed by atoms with Crippen LogP contribution in [0.25, 0.3) is 38.6 Å². The summed E-state index contributed by atoms with van der Waals surface area (Å²) in [4.78, 5) is 11.5. The van der Waals surface area contributed by atoms with Gasteiger partial charge in [-0.3, -0.25) is 5.10 Å². The number of benzene rings is 3. The highest BCUT2D eigenvalue weighted by Gasteiger charge is 2.38. The van der Waals surface area contributed by atoms with Crippen molar-refractivity contribution in [1.82, 2.24) is 14.8 Å². The van der Waals surface area contributed by atoms with E-state index in [2.05, 4.69) is 26.9 Å². The molecule has 2 N–H and O–H groups in total. The molecule has 0 amide bonds. The molecule has 0 saturated carbocycles. The van der Waals surface area contributed by atoms with Crippen molar-refractivity contribution in [1.29, 1.82) is 0 Å². The number of hydrogen-bond donors (Lipinski definition) is 2. The van der Waals surface area contributed by atoms with Gasteiger partial charge in [-0.2, -0.15) is 5.10 Å². The van der Waals surface area contributed by atoms with Crippen LogP contribution >= 0.6 is 0 Å². The van der Waals surface area contributed by atoms with Gasteiger partial charge in [0.2, 0.25) is 0 Å². The zero-order valence-electron chi connectivity index (χ0n) is 19.4. The maximum Gasteiger partial charge on any atom is 0.335 e. The molecule has 2 fully saturated rings. The Labute approximate surface area is 206 Å². The summed E-state index contributed by atoms with van der Waals surface area (Å²) in [5.41, 5.74) is 6.30. The first kappa shape index (κ1) is 21.3. The van der Waals surface area contributed by atoms with Crippen molar-refractivity contribution in [3.8, 4) is 16.8 Å². The van der Waals surface area contributed by atoms with Crippen molar-refractivity contribution in [3.63, 3.8) is 0 Å². The van der Waals surface area contributed by atoms with E-state index in [0.29, 0.717) is 0 Å². The minimum Gasteiger partial charge on any atom is -0.478 e. The first-order valence-corrected chi connectivity index (χ1v) is 12.3. The molecule has 2 saturated heterocycles. The lowest BCUT2D eigenvalue weighted by Crippen LogP contribution is -2.25. The first-order chi connectivity index (χ1) is 17.5. The van der Waals surface area contributed by atoms with E-state index in [1.807, 2.05) is 30.5 Å². The molecule has 5 aromatic rings. The molecule has 2 aromatic heterocycles. The molecule has 180 valence electrons. The third-order valence-corrected chi connectivity index (χ3v) is 7.75. The highest BCUT2D eigenvalue weighted by Crippen LogP contribution is 2.48. The number of aromatic nitrogens is 3. The normalized spacial score (nSPS) is 21.4. The summed E-state index contributed by atoms with van der Waals surface area (Å²) >= 11 is 0. The summed E-state index contributed by atoms with van der Waals surface area (Å²) in [5.74, 6) is -0.974. The number of aromatic carboxylic acids is 1. The van der Waals surface area contributed by atoms with Crippen molar-refractivity contribution < 1.29 is 19.0 Å². The third-order valence-electron chi connectivity index (χ3n) is 7.75. The molecule has 0 aliphatic carbocycles. The fourth-order valence-electron chi connectivity index (χ4n) is 6.16. The molecule has 2 atom stereocenters. The molecule has 3 aromatic carbocycles. The molecule has 4 heterocycles. The summed E-state index contributed by atoms with van der Waals surface area (Å²) in [7, 11) is 0. The molecular weight excluding hydrogens is 457 g/mol. The predicted molar refractivity (Wildman–Crippen MR) is 135 cm³/mol. The van der Waals surface area contributed by atoms with Crippen LogP contribution in [0.15, 0.2) is 66.9 Å². The molecule has 7 rings (SSSR count). The summed E-state index contributed by atoms with van der Waals surface area (Å²) < 4.78 is 22.4. The molecule has 2 unspecified atom stereocenters. The Morgan fingerprint density at radius 3 is 2.44 bits per heavy atom. The van der Waals surface area contributed by atoms with Crippen LogP contribution < -0.4 is 0 Å². The van der Waals surface area contributed by atoms with Crippen LogP contribution in [0.3, 0.4) is 0 Å². The van der Waals surface area contributed by atoms with Crippen LogP contribution in [0.5, 0.6) is 0 Å². The maximum absolute atomic E-state index is 13.9. The summed E-state index contributed by atoms with van der Waals surface area (Å²) in [5, 5.41) is 18.8. The molecule has 36 heavy (non-hydrogen) atoms. The summed E-state index contributed by atoms with van der Waals surface area (Å²) in [6.45, 7) is 0. The van der Waals surface area contributed by atoms with Crippen LogP contribution in [0, 0.1) is 5.82 Å². The Kier molecular flexibility index (Phi) is 4.76. The first-order valence-electron chi connectivity index (χ1n) is 12.3. The number of nitrogens with one attached hydrogen (secondary N) is 1. The van der Waals surface area contributed by atoms with Crippen LogP contribution in [-0.2, 0) is 4.74 Å². The average Bonchev–Trinajstić information content (AvgIpc) is 3.58. The number of ether oxygens (including phenoxy) is 1. The van der Waals surface area contributed by atoms with E-state index in [0.717, 1.165) is 64.3 Å². The zero-order chi connectivity index (χ0) is 24.4. The molecule has 2 aliphatic heterocycles. The number of halogens is 1. The third kappa shape index (κ3) is 3.34. The van der Waals surface area contributed by atoms with Crippen LogP contribution in [-0.4, -0.2) is 38.0 Å². The van der Waals surface area contributed by atoms with E-state index in [1.54, 1.807) is 12.1 Å². The van der Waals surface area contributed by atoms with Gasteiger partial charge in [-0.25, -0.2) is 9.18 Å². The van der Waals surface area contributed by atoms with Gasteiger partial charge in [0, 0.05) is 33.6 Å². The van der Waals surface area contributed by atoms with Gasteiger partial charge in [0.15, 0.2) is 0 Å². The Balaban J connectivity index is 1.56. The Morgan fingerprint density at radius 2 is 1.75 bits per heavy atom. The van der Waals surface area contributed by atoms with Gasteiger partial charge in [-0.1, -0.05) is 12.1 Å². The zero-order valence-corrected chi connectivity index (χ0v) is 19.4. The molecule has 6 nitrogen and oxygen atoms in total. The number of rotatable bonds is 4. The van der Waals surface area contributed by atoms with Gasteiger partial charge < -0.3 is 14.4 Å². The van der Waals surface area contributed by atoms with Gasteiger partial charge in [0.25, 0.3) is 0 Å². The van der Waals surface area contributed by atoms with Gasteiger partial charge in [0.05, 0.1) is 35.0 Å². The van der Waals surface area contributed by atoms with E-state index >= 15 is 0 Å². The fourth-order valence-corrected chi connectivity index (χ4v) is 6.16. The number of carboxylic acids is 1. The smallest absolute Gasteiger partial charge is 0.335 e. The monoisotopic (exact) mass is 481 g/mol. The van der Waals surface area contributed by atoms with Crippen molar-refractivity contribution in [3.05, 3.63) is 83.9 Å². The molecule has 7 heteroatoms. The molecular formula is C29H24FN3O3. The second-order valence-corrected chi connectivity index (χ2v) is 9.91. The van der Waals surface area contributed by atoms with Crippen LogP contribution in [0.1, 0.15) is 47.7 Å². The van der Waals surface area contributed by atoms with E-state index in [4.69, 9.17) is 4.74 Å². The number of nitrogens with zero attached hydrogens (tertiary/aromatic N) is 2. The van der Waals surface area contributed by atoms with Crippen molar-refractivity contribution in [2.75, 3.05) is 0 Å². The fraction of sp³-hybridized carbons (Fsp3) is 0.241. The second kappa shape index (κ2) is 8.03. The maximum atomic E-state index is 13.9. The number of hydrogen-bond acceptors (Lipinski definition) is 3. The van der Waals surface area contributed by atoms with E-state index in [-0.39, 0.29) is 29.5 Å². The van der Waals surface area contributed by atoms with Crippen LogP contribution in [0.2, 0.25) is 0 Å². The van der Waals surface area contributed by atoms with Crippen molar-refractivity contribution in [2.45, 2.75) is 43.8 Å². The largest absolute Gasteiger partial charge is 0.478 e. The highest BCUT2D eigenvalue weighted by atomic mass is 19.1. The lowest BCUT2D eigenvalue weighted by Gasteiger charge is -2.30. The number of carbonyl (C=O) groups is 1. The average molecular weight is 482 g/mol. The predicted octanol–water partition coefficient (Wildman–Crippen LogP) is 6.44. The van der Waals surface area contributed by atoms with E-state index in [1.165, 1.54) is 17.8 Å². The number of H-pyrrole nitrogens is 1. The van der Waals surface area contributed by atoms with Gasteiger partial charge in [-0.15, -0.1) is 0 Å². The van der Waals surface area contributed by atoms with Gasteiger partial charge in [0.1, 0.15) is 5.82 Å². The van der Waals surface area contributed by atoms with Gasteiger partial charge >= 0.3 is 5.97 Å². The Bertz CT molecular complexity index is 1610. The van der Waals surface area contributed by atoms with E-state index in [9.17, 15) is 14.3 Å². The highest BCUT2D eigenvalue weighted by molar-refractivity contribution is 6.06. The van der Waals surface area contributed by atoms with Crippen LogP contribution in [0.4, 0.5) is 4.39 Å². The summed E-state index contributed by atoms with van der Waals surface area (Å²) in [6, 6.07) is 18.0. The number of carboxylic acid groups (broad SMARTS) is 1. The minimum absolute atomic E-state index is 0.245. The standard InChI is InChI=1S/C29H24FN3O3/c30-20-5-7-21(8-6-20)33-26-13-19-15-31-32-25(19)14-24(26)27(16-1-3-17(4-2-16)29(34)35)28(33)18-11-22-9-10-23(12-18)36-22/h1-8,13-15,18,22-23H,9-12H2,(H,31,32)(H,34,35). The Morgan fingerprint density at radius 1 is 1.03 bits per heavy atom. The minimum atomic E-state index is -0.948. The lowest BCUT2D eigenvalue weighted by atomic mass is 9.87. The molecule has 2 aliphatic rings. The Hall–Kier alpha value is -3.97. The van der Waals surface area contributed by atoms with Crippen molar-refractivity contribution in [2.24, 2.45) is 0 Å². The second-order valence-electron chi connectivity index (χ2n) is 9.91. The number of aromatic amines is 1. The topological polar surface area (TPSA) is 80.1 Å².